The van der Waals surface area contributed by atoms with Crippen LogP contribution in [0.3, 0.4) is 0 Å². The van der Waals surface area contributed by atoms with Crippen LogP contribution < -0.4 is 4.72 Å². The van der Waals surface area contributed by atoms with Gasteiger partial charge >= 0.3 is 0 Å². The third-order valence-electron chi connectivity index (χ3n) is 2.33. The first-order chi connectivity index (χ1) is 6.85. The molecule has 1 atom stereocenters. The molecule has 3 heteroatoms. The van der Waals surface area contributed by atoms with Gasteiger partial charge in [-0.2, -0.15) is 0 Å². The lowest BCUT2D eigenvalue weighted by Gasteiger charge is -2.15. The van der Waals surface area contributed by atoms with Crippen molar-refractivity contribution in [1.29, 1.82) is 0 Å². The minimum atomic E-state index is 0.493. The Morgan fingerprint density at radius 2 is 1.79 bits per heavy atom. The number of nitrogens with one attached hydrogen (secondary N) is 1. The van der Waals surface area contributed by atoms with E-state index < -0.39 is 0 Å². The molecule has 0 aliphatic carbocycles. The van der Waals surface area contributed by atoms with Gasteiger partial charge in [0.05, 0.1) is 0 Å². The zero-order chi connectivity index (χ0) is 10.6. The van der Waals surface area contributed by atoms with Gasteiger partial charge in [0.1, 0.15) is 0 Å². The first-order valence-electron chi connectivity index (χ1n) is 5.63. The standard InChI is InChI=1S/C11H22NOS/c1-3-5-7-9-11(8-6-4-2)12-14-10-13/h11-12H,3-9H2,1-2H3. The van der Waals surface area contributed by atoms with Crippen molar-refractivity contribution >= 4 is 17.6 Å². The van der Waals surface area contributed by atoms with E-state index in [1.54, 1.807) is 0 Å². The van der Waals surface area contributed by atoms with E-state index in [2.05, 4.69) is 18.6 Å². The van der Waals surface area contributed by atoms with E-state index in [1.807, 2.05) is 5.62 Å². The average molecular weight is 216 g/mol. The molecule has 1 radical (unpaired) electrons. The Kier molecular flexibility index (Phi) is 11.0. The van der Waals surface area contributed by atoms with Crippen LogP contribution in [0, 0.1) is 0 Å². The molecule has 0 aromatic carbocycles. The highest BCUT2D eigenvalue weighted by atomic mass is 32.2. The van der Waals surface area contributed by atoms with Crippen molar-refractivity contribution < 1.29 is 4.79 Å². The van der Waals surface area contributed by atoms with Crippen molar-refractivity contribution in [3.63, 3.8) is 0 Å². The van der Waals surface area contributed by atoms with Gasteiger partial charge in [-0.1, -0.05) is 46.0 Å². The highest BCUT2D eigenvalue weighted by Crippen LogP contribution is 2.11. The molecule has 0 spiro atoms. The Balaban J connectivity index is 3.54. The first kappa shape index (κ1) is 14.0. The maximum atomic E-state index is 10.1. The largest absolute Gasteiger partial charge is 0.282 e. The smallest absolute Gasteiger partial charge is 0.276 e. The molecule has 0 bridgehead atoms. The monoisotopic (exact) mass is 216 g/mol. The van der Waals surface area contributed by atoms with Crippen molar-refractivity contribution in [3.8, 4) is 0 Å². The lowest BCUT2D eigenvalue weighted by Crippen LogP contribution is -2.22. The van der Waals surface area contributed by atoms with E-state index in [1.165, 1.54) is 44.9 Å². The van der Waals surface area contributed by atoms with Crippen molar-refractivity contribution in [3.05, 3.63) is 0 Å². The van der Waals surface area contributed by atoms with E-state index in [0.717, 1.165) is 11.9 Å². The van der Waals surface area contributed by atoms with Crippen LogP contribution in [0.25, 0.3) is 0 Å². The molecule has 0 heterocycles. The Hall–Kier alpha value is -0.0200. The van der Waals surface area contributed by atoms with Gasteiger partial charge < -0.3 is 0 Å². The highest BCUT2D eigenvalue weighted by Gasteiger charge is 2.06. The SMILES string of the molecule is CCCCCC(CCCC)NS[C]=O. The van der Waals surface area contributed by atoms with Crippen LogP contribution in [-0.4, -0.2) is 11.7 Å². The molecule has 14 heavy (non-hydrogen) atoms. The van der Waals surface area contributed by atoms with Gasteiger partial charge in [-0.3, -0.25) is 9.52 Å². The first-order valence-corrected chi connectivity index (χ1v) is 6.45. The van der Waals surface area contributed by atoms with E-state index in [4.69, 9.17) is 0 Å². The summed E-state index contributed by atoms with van der Waals surface area (Å²) in [6, 6.07) is 0.493. The number of hydrogen-bond acceptors (Lipinski definition) is 3. The average Bonchev–Trinajstić information content (AvgIpc) is 2.21. The van der Waals surface area contributed by atoms with E-state index in [0.29, 0.717) is 6.04 Å². The molecule has 0 amide bonds. The van der Waals surface area contributed by atoms with Gasteiger partial charge in [0, 0.05) is 18.0 Å². The molecule has 2 nitrogen and oxygen atoms in total. The van der Waals surface area contributed by atoms with Crippen LogP contribution in [0.1, 0.15) is 58.8 Å². The zero-order valence-corrected chi connectivity index (χ0v) is 10.2. The second-order valence-electron chi connectivity index (χ2n) is 3.64. The molecule has 83 valence electrons. The fraction of sp³-hybridized carbons (Fsp3) is 0.909. The predicted octanol–water partition coefficient (Wildman–Crippen LogP) is 3.43. The van der Waals surface area contributed by atoms with Gasteiger partial charge in [-0.25, -0.2) is 0 Å². The van der Waals surface area contributed by atoms with Gasteiger partial charge in [-0.15, -0.1) is 0 Å². The van der Waals surface area contributed by atoms with Crippen LogP contribution in [0.5, 0.6) is 0 Å². The molecule has 0 aromatic rings. The molecule has 0 saturated carbocycles. The van der Waals surface area contributed by atoms with E-state index in [9.17, 15) is 4.79 Å². The highest BCUT2D eigenvalue weighted by molar-refractivity contribution is 8.10. The van der Waals surface area contributed by atoms with Gasteiger partial charge in [0.15, 0.2) is 0 Å². The summed E-state index contributed by atoms with van der Waals surface area (Å²) in [4.78, 5) is 10.1. The molecular formula is C11H22NOS. The third-order valence-corrected chi connectivity index (χ3v) is 2.86. The molecule has 0 aliphatic rings. The Labute approximate surface area is 92.4 Å². The summed E-state index contributed by atoms with van der Waals surface area (Å²) in [6.07, 6.45) is 8.63. The predicted molar refractivity (Wildman–Crippen MR) is 63.9 cm³/mol. The molecular weight excluding hydrogens is 194 g/mol. The minimum Gasteiger partial charge on any atom is -0.276 e. The summed E-state index contributed by atoms with van der Waals surface area (Å²) in [7, 11) is 0. The number of hydrogen-bond donors (Lipinski definition) is 1. The molecule has 0 aliphatic heterocycles. The van der Waals surface area contributed by atoms with Crippen molar-refractivity contribution in [2.24, 2.45) is 0 Å². The summed E-state index contributed by atoms with van der Waals surface area (Å²) < 4.78 is 3.16. The molecule has 0 rings (SSSR count). The lowest BCUT2D eigenvalue weighted by atomic mass is 10.0. The van der Waals surface area contributed by atoms with Crippen molar-refractivity contribution in [1.82, 2.24) is 4.72 Å². The van der Waals surface area contributed by atoms with E-state index in [-0.39, 0.29) is 0 Å². The molecule has 0 aromatic heterocycles. The van der Waals surface area contributed by atoms with Crippen LogP contribution >= 0.6 is 11.9 Å². The van der Waals surface area contributed by atoms with E-state index >= 15 is 0 Å². The van der Waals surface area contributed by atoms with Crippen molar-refractivity contribution in [2.75, 3.05) is 0 Å². The minimum absolute atomic E-state index is 0.493. The summed E-state index contributed by atoms with van der Waals surface area (Å²) >= 11 is 1.07. The molecule has 0 fully saturated rings. The van der Waals surface area contributed by atoms with Gasteiger partial charge in [-0.05, 0) is 12.8 Å². The number of carbonyl (C=O) groups excluding carboxylic acids is 1. The lowest BCUT2D eigenvalue weighted by molar-refractivity contribution is 0.488. The summed E-state index contributed by atoms with van der Waals surface area (Å²) in [5.41, 5.74) is 1.82. The van der Waals surface area contributed by atoms with Gasteiger partial charge in [0.2, 0.25) is 0 Å². The van der Waals surface area contributed by atoms with Crippen LogP contribution in [0.2, 0.25) is 0 Å². The Bertz CT molecular complexity index is 130. The maximum absolute atomic E-state index is 10.1. The molecule has 1 N–H and O–H groups in total. The number of unbranched alkanes of at least 4 members (excludes halogenated alkanes) is 3. The number of rotatable bonds is 10. The topological polar surface area (TPSA) is 29.1 Å². The second-order valence-corrected chi connectivity index (χ2v) is 4.24. The Morgan fingerprint density at radius 1 is 1.14 bits per heavy atom. The van der Waals surface area contributed by atoms with Crippen LogP contribution in [0.15, 0.2) is 0 Å². The van der Waals surface area contributed by atoms with Gasteiger partial charge in [0.25, 0.3) is 5.62 Å². The van der Waals surface area contributed by atoms with Crippen LogP contribution in [-0.2, 0) is 4.79 Å². The summed E-state index contributed by atoms with van der Waals surface area (Å²) in [6.45, 7) is 4.41. The fourth-order valence-corrected chi connectivity index (χ4v) is 1.91. The normalized spacial score (nSPS) is 12.7. The molecule has 0 saturated heterocycles. The maximum Gasteiger partial charge on any atom is 0.282 e. The quantitative estimate of drug-likeness (QED) is 0.448. The molecule has 1 unspecified atom stereocenters. The summed E-state index contributed by atoms with van der Waals surface area (Å²) in [5.74, 6) is 0. The fourth-order valence-electron chi connectivity index (χ4n) is 1.46. The second kappa shape index (κ2) is 11.1. The van der Waals surface area contributed by atoms with Crippen molar-refractivity contribution in [2.45, 2.75) is 64.8 Å². The zero-order valence-electron chi connectivity index (χ0n) is 9.34. The summed E-state index contributed by atoms with van der Waals surface area (Å²) in [5, 5.41) is 0. The Morgan fingerprint density at radius 3 is 2.36 bits per heavy atom. The van der Waals surface area contributed by atoms with Crippen LogP contribution in [0.4, 0.5) is 0 Å². The third kappa shape index (κ3) is 8.57.